The molecular formula is C30H36N2O5. The van der Waals surface area contributed by atoms with E-state index in [9.17, 15) is 9.59 Å². The van der Waals surface area contributed by atoms with E-state index in [4.69, 9.17) is 14.2 Å². The summed E-state index contributed by atoms with van der Waals surface area (Å²) < 4.78 is 15.8. The molecule has 1 amide bonds. The molecule has 3 rings (SSSR count). The van der Waals surface area contributed by atoms with Crippen LogP contribution in [0.5, 0.6) is 5.75 Å². The van der Waals surface area contributed by atoms with Crippen molar-refractivity contribution in [3.8, 4) is 5.75 Å². The molecule has 37 heavy (non-hydrogen) atoms. The Morgan fingerprint density at radius 3 is 1.76 bits per heavy atom. The van der Waals surface area contributed by atoms with Crippen LogP contribution in [0.4, 0.5) is 4.79 Å². The maximum atomic E-state index is 12.9. The number of benzene rings is 3. The third kappa shape index (κ3) is 7.11. The van der Waals surface area contributed by atoms with Crippen LogP contribution in [-0.4, -0.2) is 56.4 Å². The van der Waals surface area contributed by atoms with Gasteiger partial charge in [-0.25, -0.2) is 4.79 Å². The lowest BCUT2D eigenvalue weighted by atomic mass is 9.77. The van der Waals surface area contributed by atoms with Gasteiger partial charge in [0.25, 0.3) is 0 Å². The zero-order valence-electron chi connectivity index (χ0n) is 22.2. The molecule has 0 heterocycles. The number of amides is 1. The molecule has 0 spiro atoms. The Hall–Kier alpha value is -3.84. The molecule has 0 aromatic heterocycles. The summed E-state index contributed by atoms with van der Waals surface area (Å²) in [7, 11) is 2.94. The van der Waals surface area contributed by atoms with Gasteiger partial charge >= 0.3 is 12.1 Å². The molecule has 0 saturated heterocycles. The predicted octanol–water partition coefficient (Wildman–Crippen LogP) is 4.99. The quantitative estimate of drug-likeness (QED) is 0.310. The fraction of sp³-hybridized carbons (Fsp3) is 0.333. The number of nitrogens with one attached hydrogen (secondary N) is 1. The first-order valence-electron chi connectivity index (χ1n) is 12.2. The van der Waals surface area contributed by atoms with E-state index in [1.807, 2.05) is 60.7 Å². The van der Waals surface area contributed by atoms with Gasteiger partial charge in [-0.05, 0) is 49.6 Å². The van der Waals surface area contributed by atoms with Crippen LogP contribution in [0.3, 0.4) is 0 Å². The standard InChI is InChI=1S/C30H36N2O5/c1-29(2,3)37-28(34)32(22-27(33)36-5)21-20-31-30(23-12-8-6-9-13-23,24-14-10-7-11-15-24)25-16-18-26(35-4)19-17-25/h6-19,31H,20-22H2,1-5H3. The van der Waals surface area contributed by atoms with Gasteiger partial charge in [-0.2, -0.15) is 0 Å². The summed E-state index contributed by atoms with van der Waals surface area (Å²) in [6.07, 6.45) is -0.575. The van der Waals surface area contributed by atoms with Gasteiger partial charge in [-0.3, -0.25) is 15.0 Å². The Morgan fingerprint density at radius 2 is 1.30 bits per heavy atom. The highest BCUT2D eigenvalue weighted by Gasteiger charge is 2.36. The monoisotopic (exact) mass is 504 g/mol. The normalized spacial score (nSPS) is 11.5. The first-order valence-corrected chi connectivity index (χ1v) is 12.2. The summed E-state index contributed by atoms with van der Waals surface area (Å²) >= 11 is 0. The lowest BCUT2D eigenvalue weighted by Crippen LogP contribution is -2.49. The number of ether oxygens (including phenoxy) is 3. The average molecular weight is 505 g/mol. The van der Waals surface area contributed by atoms with Crippen molar-refractivity contribution in [2.75, 3.05) is 33.9 Å². The minimum absolute atomic E-state index is 0.209. The Bertz CT molecular complexity index is 1100. The maximum absolute atomic E-state index is 12.9. The van der Waals surface area contributed by atoms with Gasteiger partial charge in [0.15, 0.2) is 0 Å². The van der Waals surface area contributed by atoms with Crippen LogP contribution < -0.4 is 10.1 Å². The average Bonchev–Trinajstić information content (AvgIpc) is 2.90. The van der Waals surface area contributed by atoms with Crippen LogP contribution in [0.25, 0.3) is 0 Å². The summed E-state index contributed by atoms with van der Waals surface area (Å²) in [4.78, 5) is 26.3. The first kappa shape index (κ1) is 27.7. The van der Waals surface area contributed by atoms with E-state index in [0.717, 1.165) is 22.4 Å². The minimum atomic E-state index is -0.736. The van der Waals surface area contributed by atoms with Crippen molar-refractivity contribution < 1.29 is 23.8 Å². The molecule has 3 aromatic carbocycles. The smallest absolute Gasteiger partial charge is 0.410 e. The fourth-order valence-corrected chi connectivity index (χ4v) is 4.18. The van der Waals surface area contributed by atoms with Crippen LogP contribution in [-0.2, 0) is 19.8 Å². The Labute approximate surface area is 219 Å². The van der Waals surface area contributed by atoms with Crippen molar-refractivity contribution in [2.24, 2.45) is 0 Å². The van der Waals surface area contributed by atoms with Gasteiger partial charge in [0, 0.05) is 13.1 Å². The maximum Gasteiger partial charge on any atom is 0.410 e. The van der Waals surface area contributed by atoms with Gasteiger partial charge < -0.3 is 14.2 Å². The number of esters is 1. The molecule has 7 nitrogen and oxygen atoms in total. The van der Waals surface area contributed by atoms with Gasteiger partial charge in [0.2, 0.25) is 0 Å². The van der Waals surface area contributed by atoms with Crippen LogP contribution in [0.1, 0.15) is 37.5 Å². The molecule has 7 heteroatoms. The molecule has 0 aliphatic heterocycles. The molecule has 0 aliphatic rings. The van der Waals surface area contributed by atoms with Crippen LogP contribution in [0, 0.1) is 0 Å². The molecule has 0 aliphatic carbocycles. The molecule has 0 unspecified atom stereocenters. The number of carbonyl (C=O) groups excluding carboxylic acids is 2. The second kappa shape index (κ2) is 12.4. The van der Waals surface area contributed by atoms with Crippen molar-refractivity contribution in [1.29, 1.82) is 0 Å². The molecule has 3 aromatic rings. The lowest BCUT2D eigenvalue weighted by Gasteiger charge is -2.38. The number of rotatable bonds is 10. The molecule has 1 N–H and O–H groups in total. The topological polar surface area (TPSA) is 77.1 Å². The Balaban J connectivity index is 2.01. The van der Waals surface area contributed by atoms with Crippen LogP contribution in [0.2, 0.25) is 0 Å². The summed E-state index contributed by atoms with van der Waals surface area (Å²) in [6.45, 7) is 5.75. The summed E-state index contributed by atoms with van der Waals surface area (Å²) in [5.74, 6) is 0.242. The minimum Gasteiger partial charge on any atom is -0.497 e. The largest absolute Gasteiger partial charge is 0.497 e. The third-order valence-corrected chi connectivity index (χ3v) is 5.91. The molecular weight excluding hydrogens is 468 g/mol. The van der Waals surface area contributed by atoms with E-state index in [1.54, 1.807) is 27.9 Å². The van der Waals surface area contributed by atoms with Crippen molar-refractivity contribution in [1.82, 2.24) is 10.2 Å². The van der Waals surface area contributed by atoms with Gasteiger partial charge in [0.1, 0.15) is 17.9 Å². The van der Waals surface area contributed by atoms with E-state index >= 15 is 0 Å². The first-order chi connectivity index (χ1) is 17.7. The highest BCUT2D eigenvalue weighted by molar-refractivity contribution is 5.78. The van der Waals surface area contributed by atoms with Crippen molar-refractivity contribution in [3.63, 3.8) is 0 Å². The summed E-state index contributed by atoms with van der Waals surface area (Å²) in [5.41, 5.74) is 1.63. The molecule has 0 fully saturated rings. The highest BCUT2D eigenvalue weighted by atomic mass is 16.6. The second-order valence-corrected chi connectivity index (χ2v) is 9.62. The van der Waals surface area contributed by atoms with Gasteiger partial charge in [-0.1, -0.05) is 72.8 Å². The van der Waals surface area contributed by atoms with E-state index in [2.05, 4.69) is 29.6 Å². The molecule has 0 saturated carbocycles. The van der Waals surface area contributed by atoms with Crippen LogP contribution in [0.15, 0.2) is 84.9 Å². The Kier molecular flexibility index (Phi) is 9.31. The van der Waals surface area contributed by atoms with Crippen molar-refractivity contribution in [3.05, 3.63) is 102 Å². The van der Waals surface area contributed by atoms with E-state index in [1.165, 1.54) is 12.0 Å². The zero-order valence-corrected chi connectivity index (χ0v) is 22.2. The van der Waals surface area contributed by atoms with E-state index in [-0.39, 0.29) is 13.1 Å². The van der Waals surface area contributed by atoms with Gasteiger partial charge in [0.05, 0.1) is 19.8 Å². The zero-order chi connectivity index (χ0) is 26.9. The summed E-state index contributed by atoms with van der Waals surface area (Å²) in [5, 5.41) is 3.72. The van der Waals surface area contributed by atoms with E-state index < -0.39 is 23.2 Å². The van der Waals surface area contributed by atoms with Crippen LogP contribution >= 0.6 is 0 Å². The lowest BCUT2D eigenvalue weighted by molar-refractivity contribution is -0.141. The number of hydrogen-bond acceptors (Lipinski definition) is 6. The molecule has 196 valence electrons. The Morgan fingerprint density at radius 1 is 0.784 bits per heavy atom. The van der Waals surface area contributed by atoms with Crippen molar-refractivity contribution in [2.45, 2.75) is 31.9 Å². The fourth-order valence-electron chi connectivity index (χ4n) is 4.18. The molecule has 0 atom stereocenters. The second-order valence-electron chi connectivity index (χ2n) is 9.62. The predicted molar refractivity (Wildman–Crippen MR) is 144 cm³/mol. The van der Waals surface area contributed by atoms with Crippen molar-refractivity contribution >= 4 is 12.1 Å². The van der Waals surface area contributed by atoms with Gasteiger partial charge in [-0.15, -0.1) is 0 Å². The van der Waals surface area contributed by atoms with E-state index in [0.29, 0.717) is 6.54 Å². The number of methoxy groups -OCH3 is 2. The summed E-state index contributed by atoms with van der Waals surface area (Å²) in [6, 6.07) is 28.2. The number of carbonyl (C=O) groups is 2. The molecule has 0 radical (unpaired) electrons. The SMILES string of the molecule is COC(=O)CN(CCNC(c1ccccc1)(c1ccccc1)c1ccc(OC)cc1)C(=O)OC(C)(C)C. The third-order valence-electron chi connectivity index (χ3n) is 5.91. The number of nitrogens with zero attached hydrogens (tertiary/aromatic N) is 1. The molecule has 0 bridgehead atoms. The highest BCUT2D eigenvalue weighted by Crippen LogP contribution is 2.37. The number of hydrogen-bond donors (Lipinski definition) is 1.